The van der Waals surface area contributed by atoms with Gasteiger partial charge in [0.1, 0.15) is 0 Å². The van der Waals surface area contributed by atoms with E-state index in [-0.39, 0.29) is 5.91 Å². The maximum atomic E-state index is 11.5. The number of aliphatic hydroxyl groups is 1. The number of rotatable bonds is 4. The second-order valence-electron chi connectivity index (χ2n) is 5.46. The standard InChI is InChI=1S/C16H18N2O2S/c1-10(2)18(9-12-4-3-7-21-12)11-5-6-13-14(8-11)17-16(20)15(13)19/h3-8,10,15,19H,9H2,1-2H3,(H,17,20). The highest BCUT2D eigenvalue weighted by molar-refractivity contribution is 7.09. The molecule has 3 rings (SSSR count). The molecule has 1 atom stereocenters. The topological polar surface area (TPSA) is 52.6 Å². The van der Waals surface area contributed by atoms with E-state index in [4.69, 9.17) is 0 Å². The lowest BCUT2D eigenvalue weighted by Gasteiger charge is -2.29. The van der Waals surface area contributed by atoms with Gasteiger partial charge in [-0.3, -0.25) is 4.79 Å². The summed E-state index contributed by atoms with van der Waals surface area (Å²) >= 11 is 1.74. The van der Waals surface area contributed by atoms with Gasteiger partial charge in [-0.15, -0.1) is 11.3 Å². The lowest BCUT2D eigenvalue weighted by Crippen LogP contribution is -2.29. The highest BCUT2D eigenvalue weighted by Crippen LogP contribution is 2.35. The van der Waals surface area contributed by atoms with Gasteiger partial charge in [-0.1, -0.05) is 12.1 Å². The molecule has 5 heteroatoms. The predicted octanol–water partition coefficient (Wildman–Crippen LogP) is 3.15. The molecule has 0 spiro atoms. The van der Waals surface area contributed by atoms with Crippen molar-refractivity contribution in [1.29, 1.82) is 0 Å². The first-order valence-corrected chi connectivity index (χ1v) is 7.86. The number of hydrogen-bond donors (Lipinski definition) is 2. The zero-order valence-corrected chi connectivity index (χ0v) is 12.9. The summed E-state index contributed by atoms with van der Waals surface area (Å²) in [7, 11) is 0. The van der Waals surface area contributed by atoms with E-state index < -0.39 is 6.10 Å². The van der Waals surface area contributed by atoms with Gasteiger partial charge in [0, 0.05) is 27.9 Å². The number of carbonyl (C=O) groups excluding carboxylic acids is 1. The van der Waals surface area contributed by atoms with Crippen LogP contribution in [0.15, 0.2) is 35.7 Å². The highest BCUT2D eigenvalue weighted by atomic mass is 32.1. The highest BCUT2D eigenvalue weighted by Gasteiger charge is 2.29. The van der Waals surface area contributed by atoms with Crippen molar-refractivity contribution in [3.63, 3.8) is 0 Å². The molecule has 0 saturated heterocycles. The van der Waals surface area contributed by atoms with Crippen LogP contribution in [0.2, 0.25) is 0 Å². The number of fused-ring (bicyclic) bond motifs is 1. The number of amides is 1. The normalized spacial score (nSPS) is 17.0. The summed E-state index contributed by atoms with van der Waals surface area (Å²) in [5.41, 5.74) is 2.41. The SMILES string of the molecule is CC(C)N(Cc1cccs1)c1ccc2c(c1)NC(=O)C2O. The summed E-state index contributed by atoms with van der Waals surface area (Å²) in [5.74, 6) is -0.350. The molecule has 1 amide bonds. The lowest BCUT2D eigenvalue weighted by molar-refractivity contribution is -0.123. The Kier molecular flexibility index (Phi) is 3.69. The quantitative estimate of drug-likeness (QED) is 0.912. The first-order chi connectivity index (χ1) is 10.1. The average Bonchev–Trinajstić information content (AvgIpc) is 3.05. The Bertz CT molecular complexity index is 652. The zero-order valence-electron chi connectivity index (χ0n) is 12.0. The van der Waals surface area contributed by atoms with Crippen molar-refractivity contribution >= 4 is 28.6 Å². The molecule has 1 aromatic carbocycles. The summed E-state index contributed by atoms with van der Waals surface area (Å²) in [6.45, 7) is 5.13. The van der Waals surface area contributed by atoms with Gasteiger partial charge in [0.25, 0.3) is 5.91 Å². The number of nitrogens with zero attached hydrogens (tertiary/aromatic N) is 1. The number of anilines is 2. The maximum Gasteiger partial charge on any atom is 0.257 e. The van der Waals surface area contributed by atoms with Crippen LogP contribution in [-0.4, -0.2) is 17.1 Å². The van der Waals surface area contributed by atoms with Crippen molar-refractivity contribution in [2.45, 2.75) is 32.5 Å². The summed E-state index contributed by atoms with van der Waals surface area (Å²) in [6, 6.07) is 10.3. The molecule has 110 valence electrons. The fourth-order valence-corrected chi connectivity index (χ4v) is 3.26. The van der Waals surface area contributed by atoms with Crippen LogP contribution >= 0.6 is 11.3 Å². The molecule has 0 radical (unpaired) electrons. The second kappa shape index (κ2) is 5.50. The summed E-state index contributed by atoms with van der Waals surface area (Å²) in [6.07, 6.45) is -1.04. The Morgan fingerprint density at radius 2 is 2.19 bits per heavy atom. The van der Waals surface area contributed by atoms with E-state index in [2.05, 4.69) is 41.6 Å². The maximum absolute atomic E-state index is 11.5. The van der Waals surface area contributed by atoms with E-state index in [0.29, 0.717) is 17.3 Å². The van der Waals surface area contributed by atoms with Crippen molar-refractivity contribution in [3.8, 4) is 0 Å². The molecule has 0 saturated carbocycles. The lowest BCUT2D eigenvalue weighted by atomic mass is 10.1. The summed E-state index contributed by atoms with van der Waals surface area (Å²) in [4.78, 5) is 15.1. The minimum Gasteiger partial charge on any atom is -0.378 e. The van der Waals surface area contributed by atoms with E-state index in [9.17, 15) is 9.90 Å². The third-order valence-electron chi connectivity index (χ3n) is 3.70. The molecule has 0 bridgehead atoms. The minimum atomic E-state index is -1.04. The number of benzene rings is 1. The van der Waals surface area contributed by atoms with Crippen molar-refractivity contribution in [1.82, 2.24) is 0 Å². The number of aliphatic hydroxyl groups excluding tert-OH is 1. The minimum absolute atomic E-state index is 0.340. The van der Waals surface area contributed by atoms with Crippen LogP contribution in [-0.2, 0) is 11.3 Å². The Hall–Kier alpha value is -1.85. The summed E-state index contributed by atoms with van der Waals surface area (Å²) < 4.78 is 0. The van der Waals surface area contributed by atoms with Crippen LogP contribution in [0.3, 0.4) is 0 Å². The van der Waals surface area contributed by atoms with Gasteiger partial charge in [-0.2, -0.15) is 0 Å². The van der Waals surface area contributed by atoms with Gasteiger partial charge < -0.3 is 15.3 Å². The van der Waals surface area contributed by atoms with E-state index in [1.54, 1.807) is 11.3 Å². The van der Waals surface area contributed by atoms with Gasteiger partial charge in [0.05, 0.1) is 6.54 Å². The molecule has 2 N–H and O–H groups in total. The largest absolute Gasteiger partial charge is 0.378 e. The van der Waals surface area contributed by atoms with Gasteiger partial charge in [0.2, 0.25) is 0 Å². The third-order valence-corrected chi connectivity index (χ3v) is 4.56. The second-order valence-corrected chi connectivity index (χ2v) is 6.50. The number of nitrogens with one attached hydrogen (secondary N) is 1. The molecule has 2 aromatic rings. The molecular weight excluding hydrogens is 284 g/mol. The van der Waals surface area contributed by atoms with Crippen LogP contribution in [0.4, 0.5) is 11.4 Å². The number of thiophene rings is 1. The molecular formula is C16H18N2O2S. The van der Waals surface area contributed by atoms with Crippen molar-refractivity contribution in [2.75, 3.05) is 10.2 Å². The fraction of sp³-hybridized carbons (Fsp3) is 0.312. The monoisotopic (exact) mass is 302 g/mol. The first kappa shape index (κ1) is 14.1. The molecule has 0 aliphatic carbocycles. The van der Waals surface area contributed by atoms with Crippen LogP contribution in [0, 0.1) is 0 Å². The van der Waals surface area contributed by atoms with Crippen molar-refractivity contribution < 1.29 is 9.90 Å². The van der Waals surface area contributed by atoms with Crippen molar-refractivity contribution in [3.05, 3.63) is 46.2 Å². The Morgan fingerprint density at radius 3 is 2.86 bits per heavy atom. The zero-order chi connectivity index (χ0) is 15.0. The van der Waals surface area contributed by atoms with Crippen LogP contribution in [0.25, 0.3) is 0 Å². The van der Waals surface area contributed by atoms with E-state index >= 15 is 0 Å². The van der Waals surface area contributed by atoms with Gasteiger partial charge in [-0.25, -0.2) is 0 Å². The molecule has 1 aliphatic heterocycles. The number of carbonyl (C=O) groups is 1. The van der Waals surface area contributed by atoms with Crippen LogP contribution < -0.4 is 10.2 Å². The Labute approximate surface area is 128 Å². The smallest absolute Gasteiger partial charge is 0.257 e. The predicted molar refractivity (Wildman–Crippen MR) is 85.7 cm³/mol. The van der Waals surface area contributed by atoms with Gasteiger partial charge >= 0.3 is 0 Å². The average molecular weight is 302 g/mol. The van der Waals surface area contributed by atoms with Crippen LogP contribution in [0.5, 0.6) is 0 Å². The molecule has 1 aromatic heterocycles. The van der Waals surface area contributed by atoms with E-state index in [1.807, 2.05) is 18.2 Å². The summed E-state index contributed by atoms with van der Waals surface area (Å²) in [5, 5.41) is 14.6. The van der Waals surface area contributed by atoms with Crippen LogP contribution in [0.1, 0.15) is 30.4 Å². The molecule has 21 heavy (non-hydrogen) atoms. The first-order valence-electron chi connectivity index (χ1n) is 6.98. The van der Waals surface area contributed by atoms with Gasteiger partial charge in [-0.05, 0) is 37.4 Å². The number of hydrogen-bond acceptors (Lipinski definition) is 4. The Morgan fingerprint density at radius 1 is 1.38 bits per heavy atom. The van der Waals surface area contributed by atoms with E-state index in [1.165, 1.54) is 4.88 Å². The molecule has 4 nitrogen and oxygen atoms in total. The van der Waals surface area contributed by atoms with E-state index in [0.717, 1.165) is 12.2 Å². The molecule has 1 aliphatic rings. The molecule has 2 heterocycles. The molecule has 0 fully saturated rings. The third kappa shape index (κ3) is 2.66. The Balaban J connectivity index is 1.91. The fourth-order valence-electron chi connectivity index (χ4n) is 2.55. The van der Waals surface area contributed by atoms with Crippen molar-refractivity contribution in [2.24, 2.45) is 0 Å². The van der Waals surface area contributed by atoms with Gasteiger partial charge in [0.15, 0.2) is 6.10 Å². The molecule has 1 unspecified atom stereocenters.